The predicted octanol–water partition coefficient (Wildman–Crippen LogP) is 6.10. The van der Waals surface area contributed by atoms with E-state index in [-0.39, 0.29) is 59.5 Å². The molecule has 0 fully saturated rings. The summed E-state index contributed by atoms with van der Waals surface area (Å²) >= 11 is 0. The fourth-order valence-electron chi connectivity index (χ4n) is 7.02. The van der Waals surface area contributed by atoms with Gasteiger partial charge in [-0.15, -0.1) is 0 Å². The number of aliphatic imine (C=N–C) groups is 3. The molecule has 2 atom stereocenters. The zero-order valence-electron chi connectivity index (χ0n) is 29.8. The lowest BCUT2D eigenvalue weighted by molar-refractivity contribution is 0.0992. The Morgan fingerprint density at radius 1 is 0.750 bits per heavy atom. The number of carbonyl (C=O) groups is 2. The van der Waals surface area contributed by atoms with Gasteiger partial charge in [0.05, 0.1) is 35.5 Å². The third-order valence-corrected chi connectivity index (χ3v) is 9.68. The van der Waals surface area contributed by atoms with Crippen LogP contribution in [-0.2, 0) is 20.5 Å². The van der Waals surface area contributed by atoms with Crippen LogP contribution in [0.3, 0.4) is 0 Å². The van der Waals surface area contributed by atoms with Gasteiger partial charge in [0.15, 0.2) is 11.6 Å². The maximum atomic E-state index is 14.2. The van der Waals surface area contributed by atoms with Gasteiger partial charge < -0.3 is 5.32 Å². The number of fused-ring (bicyclic) bond motifs is 1. The Morgan fingerprint density at radius 3 is 2.04 bits per heavy atom. The Bertz CT molecular complexity index is 2610. The first-order valence-corrected chi connectivity index (χ1v) is 17.3. The average Bonchev–Trinajstić information content (AvgIpc) is 3.80. The number of carbonyl (C=O) groups excluding carboxylic acids is 2. The van der Waals surface area contributed by atoms with Gasteiger partial charge in [0.2, 0.25) is 0 Å². The first-order chi connectivity index (χ1) is 27.0. The zero-order valence-corrected chi connectivity index (χ0v) is 29.8. The van der Waals surface area contributed by atoms with Gasteiger partial charge in [-0.05, 0) is 53.6 Å². The minimum absolute atomic E-state index is 0.0459. The molecule has 280 valence electrons. The average molecular weight is 759 g/mol. The smallest absolute Gasteiger partial charge is 0.185 e. The number of rotatable bonds is 6. The number of Topliss-reactive ketones (excluding diaryl/α,β-unsaturated/α-hetero) is 2. The van der Waals surface area contributed by atoms with Crippen LogP contribution in [0.25, 0.3) is 0 Å². The standard InChI is InChI=1S/2C20H15F2N5O/c1-27-20(24-9-25-27)17-18(10-2-4-11(21)5-3-10)26-14-7-12(22)6-13-15(28)8-23-19(17)16(13)14;1-27-19(25-11-26-27)8-17-20-15(18(28)10-24-17)6-14(22)7-16(20)23-9-12-2-4-13(21)5-3-12/h2-7,9,17-18,26H,8H2,1H3;2-7,9,11H,8,10H2,1H3. The molecule has 3 aliphatic rings. The quantitative estimate of drug-likeness (QED) is 0.160. The minimum atomic E-state index is -0.557. The normalized spacial score (nSPS) is 17.0. The second kappa shape index (κ2) is 14.7. The largest absolute Gasteiger partial charge is 0.376 e. The number of hydrogen-bond acceptors (Lipinski definition) is 10. The summed E-state index contributed by atoms with van der Waals surface area (Å²) in [5, 5.41) is 11.5. The summed E-state index contributed by atoms with van der Waals surface area (Å²) in [6.45, 7) is -0.0968. The summed E-state index contributed by atoms with van der Waals surface area (Å²) in [6.07, 6.45) is 4.71. The van der Waals surface area contributed by atoms with E-state index in [1.54, 1.807) is 47.7 Å². The van der Waals surface area contributed by atoms with Crippen LogP contribution in [0.1, 0.15) is 66.6 Å². The Kier molecular flexibility index (Phi) is 9.45. The number of hydrogen-bond donors (Lipinski definition) is 1. The monoisotopic (exact) mass is 758 g/mol. The van der Waals surface area contributed by atoms with E-state index in [1.165, 1.54) is 67.4 Å². The van der Waals surface area contributed by atoms with E-state index in [0.717, 1.165) is 5.56 Å². The first-order valence-electron chi connectivity index (χ1n) is 17.3. The van der Waals surface area contributed by atoms with Gasteiger partial charge in [-0.25, -0.2) is 27.5 Å². The van der Waals surface area contributed by atoms with Gasteiger partial charge in [-0.1, -0.05) is 24.3 Å². The molecule has 2 aromatic heterocycles. The summed E-state index contributed by atoms with van der Waals surface area (Å²) in [7, 11) is 3.54. The summed E-state index contributed by atoms with van der Waals surface area (Å²) in [4.78, 5) is 46.5. The van der Waals surface area contributed by atoms with Crippen molar-refractivity contribution < 1.29 is 27.2 Å². The molecule has 1 N–H and O–H groups in total. The highest BCUT2D eigenvalue weighted by molar-refractivity contribution is 6.21. The highest BCUT2D eigenvalue weighted by Gasteiger charge is 2.42. The van der Waals surface area contributed by atoms with Crippen LogP contribution in [0.2, 0.25) is 0 Å². The van der Waals surface area contributed by atoms with Crippen LogP contribution in [0.4, 0.5) is 28.9 Å². The van der Waals surface area contributed by atoms with Gasteiger partial charge in [-0.2, -0.15) is 10.2 Å². The van der Waals surface area contributed by atoms with Crippen LogP contribution in [0.15, 0.2) is 100 Å². The molecule has 56 heavy (non-hydrogen) atoms. The molecule has 0 spiro atoms. The van der Waals surface area contributed by atoms with E-state index < -0.39 is 11.6 Å². The number of halogens is 4. The van der Waals surface area contributed by atoms with Gasteiger partial charge in [-0.3, -0.25) is 33.9 Å². The molecule has 9 rings (SSSR count). The molecule has 0 radical (unpaired) electrons. The number of aryl methyl sites for hydroxylation is 2. The molecule has 6 aromatic rings. The number of nitrogens with zero attached hydrogens (tertiary/aromatic N) is 9. The number of aromatic nitrogens is 6. The van der Waals surface area contributed by atoms with Crippen LogP contribution in [0, 0.1) is 23.3 Å². The second-order valence-corrected chi connectivity index (χ2v) is 13.2. The third-order valence-electron chi connectivity index (χ3n) is 9.68. The maximum Gasteiger partial charge on any atom is 0.185 e. The van der Waals surface area contributed by atoms with E-state index in [1.807, 2.05) is 0 Å². The highest BCUT2D eigenvalue weighted by atomic mass is 19.1. The minimum Gasteiger partial charge on any atom is -0.376 e. The van der Waals surface area contributed by atoms with Crippen molar-refractivity contribution in [1.82, 2.24) is 29.5 Å². The van der Waals surface area contributed by atoms with E-state index >= 15 is 0 Å². The van der Waals surface area contributed by atoms with E-state index in [4.69, 9.17) is 0 Å². The summed E-state index contributed by atoms with van der Waals surface area (Å²) < 4.78 is 58.1. The Balaban J connectivity index is 0.000000157. The molecular weight excluding hydrogens is 728 g/mol. The molecular formula is C40H30F4N10O2. The van der Waals surface area contributed by atoms with Crippen molar-refractivity contribution in [3.63, 3.8) is 0 Å². The molecule has 16 heteroatoms. The zero-order chi connectivity index (χ0) is 39.1. The van der Waals surface area contributed by atoms with Crippen molar-refractivity contribution >= 4 is 40.6 Å². The van der Waals surface area contributed by atoms with Crippen molar-refractivity contribution in [3.8, 4) is 0 Å². The topological polar surface area (TPSA) is 145 Å². The first kappa shape index (κ1) is 36.0. The Hall–Kier alpha value is -6.97. The maximum absolute atomic E-state index is 14.2. The SMILES string of the molecule is Cn1ncnc1C1C2=NCC(=O)c3cc(F)cc(c32)NC1c1ccc(F)cc1.Cn1ncnc1CC1=NCC(=O)c2cc(F)cc(N=Cc3ccc(F)cc3)c21. The van der Waals surface area contributed by atoms with E-state index in [2.05, 4.69) is 40.5 Å². The molecule has 2 unspecified atom stereocenters. The van der Waals surface area contributed by atoms with Gasteiger partial charge in [0, 0.05) is 54.3 Å². The number of benzene rings is 4. The highest BCUT2D eigenvalue weighted by Crippen LogP contribution is 2.45. The third kappa shape index (κ3) is 6.92. The van der Waals surface area contributed by atoms with Crippen molar-refractivity contribution in [2.75, 3.05) is 18.4 Å². The molecule has 0 saturated carbocycles. The summed E-state index contributed by atoms with van der Waals surface area (Å²) in [6, 6.07) is 16.6. The number of anilines is 1. The van der Waals surface area contributed by atoms with Gasteiger partial charge in [0.25, 0.3) is 0 Å². The summed E-state index contributed by atoms with van der Waals surface area (Å²) in [5.74, 6) is -1.31. The van der Waals surface area contributed by atoms with E-state index in [0.29, 0.717) is 57.4 Å². The number of nitrogens with one attached hydrogen (secondary N) is 1. The predicted molar refractivity (Wildman–Crippen MR) is 199 cm³/mol. The molecule has 0 bridgehead atoms. The molecule has 0 saturated heterocycles. The fourth-order valence-corrected chi connectivity index (χ4v) is 7.02. The molecule has 5 heterocycles. The van der Waals surface area contributed by atoms with Crippen molar-refractivity contribution in [1.29, 1.82) is 0 Å². The van der Waals surface area contributed by atoms with E-state index in [9.17, 15) is 27.2 Å². The summed E-state index contributed by atoms with van der Waals surface area (Å²) in [5.41, 5.74) is 5.13. The van der Waals surface area contributed by atoms with Crippen molar-refractivity contribution in [2.24, 2.45) is 29.1 Å². The Morgan fingerprint density at radius 2 is 1.38 bits per heavy atom. The van der Waals surface area contributed by atoms with Gasteiger partial charge in [0.1, 0.15) is 60.7 Å². The number of ketones is 2. The van der Waals surface area contributed by atoms with Crippen molar-refractivity contribution in [3.05, 3.63) is 154 Å². The fraction of sp³-hybridized carbons (Fsp3) is 0.175. The van der Waals surface area contributed by atoms with Crippen LogP contribution in [0.5, 0.6) is 0 Å². The molecule has 0 amide bonds. The molecule has 12 nitrogen and oxygen atoms in total. The van der Waals surface area contributed by atoms with Crippen molar-refractivity contribution in [2.45, 2.75) is 18.4 Å². The molecule has 3 aliphatic heterocycles. The van der Waals surface area contributed by atoms with Crippen LogP contribution >= 0.6 is 0 Å². The second-order valence-electron chi connectivity index (χ2n) is 13.2. The molecule has 4 aromatic carbocycles. The van der Waals surface area contributed by atoms with Crippen LogP contribution < -0.4 is 5.32 Å². The lowest BCUT2D eigenvalue weighted by Gasteiger charge is -2.37. The van der Waals surface area contributed by atoms with Gasteiger partial charge >= 0.3 is 0 Å². The molecule has 0 aliphatic carbocycles. The Labute approximate surface area is 316 Å². The lowest BCUT2D eigenvalue weighted by Crippen LogP contribution is -2.37. The van der Waals surface area contributed by atoms with Crippen LogP contribution in [-0.4, -0.2) is 71.8 Å². The lowest BCUT2D eigenvalue weighted by atomic mass is 9.78.